The van der Waals surface area contributed by atoms with Gasteiger partial charge >= 0.3 is 22.2 Å². The number of nitrogens with two attached hydrogens (primary N) is 1. The first-order valence-electron chi connectivity index (χ1n) is 6.95. The van der Waals surface area contributed by atoms with Gasteiger partial charge in [0.15, 0.2) is 6.29 Å². The van der Waals surface area contributed by atoms with E-state index in [0.29, 0.717) is 19.3 Å². The third-order valence-corrected chi connectivity index (χ3v) is 2.10. The Labute approximate surface area is 135 Å². The van der Waals surface area contributed by atoms with Crippen LogP contribution in [0.3, 0.4) is 0 Å². The van der Waals surface area contributed by atoms with E-state index in [1.54, 1.807) is 0 Å². The van der Waals surface area contributed by atoms with Gasteiger partial charge in [0.2, 0.25) is 0 Å². The van der Waals surface area contributed by atoms with Crippen molar-refractivity contribution >= 4 is 22.2 Å². The number of rotatable bonds is 9. The number of unbranched alkanes of at least 4 members (excludes halogenated alkanes) is 3. The van der Waals surface area contributed by atoms with Crippen LogP contribution in [0.5, 0.6) is 0 Å². The molecule has 0 radical (unpaired) electrons. The lowest BCUT2D eigenvalue weighted by Gasteiger charge is -1.99. The smallest absolute Gasteiger partial charge is 0.330 e. The summed E-state index contributed by atoms with van der Waals surface area (Å²) in [7, 11) is -4.17. The maximum absolute atomic E-state index is 9.90. The lowest BCUT2D eigenvalue weighted by atomic mass is 10.2. The standard InChI is InChI=1S/C6H10O4.C6H14O2.H3NO3S/c7-5(8)3-1-2-4-6(9)10;1-2-3-4-5-6(7)8;1-5(2,3)4/h1-4H2,(H,7,8)(H,9,10);6-8H,2-5H2,1H3;(H3,1,2,3,4). The van der Waals surface area contributed by atoms with E-state index in [9.17, 15) is 9.59 Å². The molecule has 0 spiro atoms. The largest absolute Gasteiger partial charge is 0.481 e. The monoisotopic (exact) mass is 361 g/mol. The molecule has 0 atom stereocenters. The molecule has 0 rings (SSSR count). The van der Waals surface area contributed by atoms with Gasteiger partial charge in [0.05, 0.1) is 0 Å². The maximum atomic E-state index is 9.90. The minimum Gasteiger partial charge on any atom is -0.481 e. The number of aliphatic carboxylic acids is 2. The van der Waals surface area contributed by atoms with Gasteiger partial charge in [-0.1, -0.05) is 19.8 Å². The normalized spacial score (nSPS) is 10.2. The van der Waals surface area contributed by atoms with E-state index >= 15 is 0 Å². The molecular formula is C12H27NO9S. The summed E-state index contributed by atoms with van der Waals surface area (Å²) in [6.07, 6.45) is 3.59. The molecule has 0 aliphatic heterocycles. The van der Waals surface area contributed by atoms with E-state index in [1.165, 1.54) is 0 Å². The van der Waals surface area contributed by atoms with Gasteiger partial charge in [-0.25, -0.2) is 5.14 Å². The van der Waals surface area contributed by atoms with E-state index in [2.05, 4.69) is 12.1 Å². The van der Waals surface area contributed by atoms with Gasteiger partial charge in [0.25, 0.3) is 0 Å². The van der Waals surface area contributed by atoms with Crippen molar-refractivity contribution in [2.24, 2.45) is 5.14 Å². The zero-order valence-electron chi connectivity index (χ0n) is 13.1. The van der Waals surface area contributed by atoms with E-state index in [-0.39, 0.29) is 12.8 Å². The van der Waals surface area contributed by atoms with Crippen LogP contribution in [0.4, 0.5) is 0 Å². The molecule has 0 saturated heterocycles. The molecule has 0 aromatic carbocycles. The van der Waals surface area contributed by atoms with Crippen LogP contribution in [0.25, 0.3) is 0 Å². The van der Waals surface area contributed by atoms with Gasteiger partial charge in [-0.2, -0.15) is 8.42 Å². The van der Waals surface area contributed by atoms with Gasteiger partial charge in [-0.05, 0) is 25.7 Å². The molecular weight excluding hydrogens is 334 g/mol. The number of carboxylic acid groups (broad SMARTS) is 2. The van der Waals surface area contributed by atoms with E-state index in [1.807, 2.05) is 0 Å². The van der Waals surface area contributed by atoms with Crippen molar-refractivity contribution in [2.75, 3.05) is 0 Å². The van der Waals surface area contributed by atoms with Gasteiger partial charge < -0.3 is 20.4 Å². The molecule has 140 valence electrons. The van der Waals surface area contributed by atoms with Gasteiger partial charge in [-0.3, -0.25) is 14.1 Å². The highest BCUT2D eigenvalue weighted by Gasteiger charge is 1.99. The fourth-order valence-electron chi connectivity index (χ4n) is 1.13. The summed E-state index contributed by atoms with van der Waals surface area (Å²) in [5.41, 5.74) is 0. The summed E-state index contributed by atoms with van der Waals surface area (Å²) < 4.78 is 25.2. The van der Waals surface area contributed by atoms with Gasteiger partial charge in [0.1, 0.15) is 0 Å². The zero-order valence-corrected chi connectivity index (χ0v) is 13.9. The summed E-state index contributed by atoms with van der Waals surface area (Å²) in [5.74, 6) is -1.74. The van der Waals surface area contributed by atoms with Crippen molar-refractivity contribution in [3.05, 3.63) is 0 Å². The highest BCUT2D eigenvalue weighted by molar-refractivity contribution is 7.83. The van der Waals surface area contributed by atoms with Gasteiger partial charge in [0, 0.05) is 12.8 Å². The predicted molar refractivity (Wildman–Crippen MR) is 81.8 cm³/mol. The Balaban J connectivity index is -0.000000276. The van der Waals surface area contributed by atoms with Crippen molar-refractivity contribution in [1.29, 1.82) is 0 Å². The lowest BCUT2D eigenvalue weighted by molar-refractivity contribution is -0.139. The number of carbonyl (C=O) groups is 2. The van der Waals surface area contributed by atoms with Crippen molar-refractivity contribution < 1.29 is 43.0 Å². The van der Waals surface area contributed by atoms with E-state index in [0.717, 1.165) is 19.3 Å². The third kappa shape index (κ3) is 63.2. The highest BCUT2D eigenvalue weighted by Crippen LogP contribution is 2.00. The van der Waals surface area contributed by atoms with Gasteiger partial charge in [-0.15, -0.1) is 0 Å². The van der Waals surface area contributed by atoms with Crippen LogP contribution in [0.15, 0.2) is 0 Å². The minimum absolute atomic E-state index is 0.0628. The molecule has 0 saturated carbocycles. The first-order chi connectivity index (χ1) is 10.4. The molecule has 0 aliphatic carbocycles. The third-order valence-electron chi connectivity index (χ3n) is 2.10. The second kappa shape index (κ2) is 17.1. The summed E-state index contributed by atoms with van der Waals surface area (Å²) in [5, 5.41) is 36.8. The molecule has 0 amide bonds. The summed E-state index contributed by atoms with van der Waals surface area (Å²) in [6.45, 7) is 2.09. The minimum atomic E-state index is -4.17. The van der Waals surface area contributed by atoms with Crippen LogP contribution in [-0.4, -0.2) is 51.6 Å². The van der Waals surface area contributed by atoms with Crippen LogP contribution in [0.1, 0.15) is 58.3 Å². The number of aliphatic hydroxyl groups excluding tert-OH is 1. The Morgan fingerprint density at radius 3 is 1.52 bits per heavy atom. The Hall–Kier alpha value is -1.27. The molecule has 0 aromatic rings. The number of hydrogen-bond donors (Lipinski definition) is 6. The molecule has 7 N–H and O–H groups in total. The summed E-state index contributed by atoms with van der Waals surface area (Å²) in [6, 6.07) is 0. The second-order valence-corrected chi connectivity index (χ2v) is 5.52. The zero-order chi connectivity index (χ0) is 18.9. The number of hydrogen-bond acceptors (Lipinski definition) is 6. The van der Waals surface area contributed by atoms with Crippen LogP contribution in [0, 0.1) is 0 Å². The molecule has 10 nitrogen and oxygen atoms in total. The average molecular weight is 361 g/mol. The fraction of sp³-hybridized carbons (Fsp3) is 0.833. The lowest BCUT2D eigenvalue weighted by Crippen LogP contribution is -2.08. The average Bonchev–Trinajstić information content (AvgIpc) is 2.33. The topological polar surface area (TPSA) is 195 Å². The van der Waals surface area contributed by atoms with Crippen LogP contribution >= 0.6 is 0 Å². The second-order valence-electron chi connectivity index (χ2n) is 4.49. The van der Waals surface area contributed by atoms with Crippen molar-refractivity contribution in [2.45, 2.75) is 64.6 Å². The van der Waals surface area contributed by atoms with E-state index in [4.69, 9.17) is 33.4 Å². The Kier molecular flexibility index (Phi) is 19.8. The van der Waals surface area contributed by atoms with Crippen molar-refractivity contribution in [3.8, 4) is 0 Å². The molecule has 23 heavy (non-hydrogen) atoms. The Bertz CT molecular complexity index is 371. The molecule has 0 bridgehead atoms. The summed E-state index contributed by atoms with van der Waals surface area (Å²) >= 11 is 0. The molecule has 0 unspecified atom stereocenters. The van der Waals surface area contributed by atoms with Crippen LogP contribution in [-0.2, 0) is 19.9 Å². The predicted octanol–water partition coefficient (Wildman–Crippen LogP) is 0.341. The van der Waals surface area contributed by atoms with Crippen molar-refractivity contribution in [1.82, 2.24) is 0 Å². The van der Waals surface area contributed by atoms with Crippen molar-refractivity contribution in [3.63, 3.8) is 0 Å². The van der Waals surface area contributed by atoms with E-state index < -0.39 is 28.5 Å². The highest BCUT2D eigenvalue weighted by atomic mass is 32.2. The fourth-order valence-corrected chi connectivity index (χ4v) is 1.13. The Morgan fingerprint density at radius 1 is 0.957 bits per heavy atom. The van der Waals surface area contributed by atoms with Crippen LogP contribution < -0.4 is 5.14 Å². The number of aliphatic hydroxyl groups is 2. The molecule has 0 aromatic heterocycles. The quantitative estimate of drug-likeness (QED) is 0.190. The number of carboxylic acids is 2. The molecule has 0 fully saturated rings. The molecule has 11 heteroatoms. The first-order valence-corrected chi connectivity index (χ1v) is 8.45. The van der Waals surface area contributed by atoms with Crippen LogP contribution in [0.2, 0.25) is 0 Å². The molecule has 0 heterocycles. The maximum Gasteiger partial charge on any atom is 0.330 e. The Morgan fingerprint density at radius 2 is 1.30 bits per heavy atom. The molecule has 0 aliphatic rings. The SMILES string of the molecule is CCCCCC(O)O.NS(=O)(=O)O.O=C(O)CCCCC(=O)O. The summed E-state index contributed by atoms with van der Waals surface area (Å²) in [4.78, 5) is 19.8. The first kappa shape index (κ1) is 26.6.